The average molecular weight is 377 g/mol. The third-order valence-corrected chi connectivity index (χ3v) is 4.93. The summed E-state index contributed by atoms with van der Waals surface area (Å²) in [5, 5.41) is 12.9. The maximum atomic E-state index is 12.2. The largest absolute Gasteiger partial charge is 0.353 e. The summed E-state index contributed by atoms with van der Waals surface area (Å²) in [4.78, 5) is 20.9. The van der Waals surface area contributed by atoms with E-state index in [1.54, 1.807) is 29.2 Å². The highest BCUT2D eigenvalue weighted by atomic mass is 16.1. The van der Waals surface area contributed by atoms with Crippen molar-refractivity contribution in [2.75, 3.05) is 37.6 Å². The number of piperazine rings is 1. The minimum atomic E-state index is -0.0822. The van der Waals surface area contributed by atoms with E-state index in [0.29, 0.717) is 6.54 Å². The molecule has 0 amide bonds. The Morgan fingerprint density at radius 3 is 2.54 bits per heavy atom. The summed E-state index contributed by atoms with van der Waals surface area (Å²) in [5.74, 6) is 0.923. The monoisotopic (exact) mass is 377 g/mol. The van der Waals surface area contributed by atoms with E-state index in [-0.39, 0.29) is 5.56 Å². The van der Waals surface area contributed by atoms with Gasteiger partial charge in [0.05, 0.1) is 17.9 Å². The zero-order valence-corrected chi connectivity index (χ0v) is 15.9. The fourth-order valence-corrected chi connectivity index (χ4v) is 3.27. The first-order chi connectivity index (χ1) is 13.7. The number of hydrogen-bond acceptors (Lipinski definition) is 7. The van der Waals surface area contributed by atoms with Gasteiger partial charge in [0.15, 0.2) is 5.82 Å². The lowest BCUT2D eigenvalue weighted by Gasteiger charge is -2.35. The second-order valence-corrected chi connectivity index (χ2v) is 6.88. The second-order valence-electron chi connectivity index (χ2n) is 6.88. The number of pyridine rings is 1. The zero-order chi connectivity index (χ0) is 19.3. The Morgan fingerprint density at radius 2 is 1.82 bits per heavy atom. The van der Waals surface area contributed by atoms with Crippen LogP contribution in [0.5, 0.6) is 0 Å². The summed E-state index contributed by atoms with van der Waals surface area (Å²) in [6.07, 6.45) is 3.48. The second kappa shape index (κ2) is 8.26. The molecule has 8 heteroatoms. The van der Waals surface area contributed by atoms with E-state index in [4.69, 9.17) is 0 Å². The van der Waals surface area contributed by atoms with Crippen LogP contribution in [-0.4, -0.2) is 62.6 Å². The summed E-state index contributed by atoms with van der Waals surface area (Å²) in [6.45, 7) is 6.94. The van der Waals surface area contributed by atoms with Crippen LogP contribution in [0, 0.1) is 6.92 Å². The molecule has 0 saturated carbocycles. The van der Waals surface area contributed by atoms with Crippen molar-refractivity contribution in [3.05, 3.63) is 64.8 Å². The highest BCUT2D eigenvalue weighted by molar-refractivity contribution is 5.56. The van der Waals surface area contributed by atoms with E-state index in [1.807, 2.05) is 31.2 Å². The van der Waals surface area contributed by atoms with Crippen LogP contribution in [0.3, 0.4) is 0 Å². The molecule has 4 rings (SSSR count). The highest BCUT2D eigenvalue weighted by Gasteiger charge is 2.18. The Bertz CT molecular complexity index is 964. The van der Waals surface area contributed by atoms with Crippen molar-refractivity contribution >= 4 is 5.82 Å². The molecular weight excluding hydrogens is 354 g/mol. The summed E-state index contributed by atoms with van der Waals surface area (Å²) in [6, 6.07) is 11.1. The van der Waals surface area contributed by atoms with Crippen molar-refractivity contribution in [1.82, 2.24) is 29.9 Å². The van der Waals surface area contributed by atoms with Gasteiger partial charge in [-0.1, -0.05) is 0 Å². The smallest absolute Gasteiger partial charge is 0.266 e. The summed E-state index contributed by atoms with van der Waals surface area (Å²) < 4.78 is 1.54. The minimum absolute atomic E-state index is 0.0822. The molecule has 0 spiro atoms. The number of anilines is 1. The van der Waals surface area contributed by atoms with E-state index in [0.717, 1.165) is 55.5 Å². The maximum absolute atomic E-state index is 12.2. The van der Waals surface area contributed by atoms with Crippen LogP contribution in [0.4, 0.5) is 5.82 Å². The van der Waals surface area contributed by atoms with E-state index >= 15 is 0 Å². The molecule has 8 nitrogen and oxygen atoms in total. The van der Waals surface area contributed by atoms with Gasteiger partial charge < -0.3 is 4.90 Å². The van der Waals surface area contributed by atoms with Gasteiger partial charge in [-0.3, -0.25) is 14.7 Å². The Labute approximate surface area is 163 Å². The number of nitrogens with zero attached hydrogens (tertiary/aromatic N) is 7. The normalized spacial score (nSPS) is 15.0. The van der Waals surface area contributed by atoms with Crippen molar-refractivity contribution in [3.8, 4) is 11.3 Å². The lowest BCUT2D eigenvalue weighted by atomic mass is 10.2. The fourth-order valence-electron chi connectivity index (χ4n) is 3.27. The van der Waals surface area contributed by atoms with Crippen LogP contribution in [0.15, 0.2) is 53.6 Å². The molecule has 144 valence electrons. The number of aromatic nitrogens is 5. The van der Waals surface area contributed by atoms with Crippen LogP contribution in [0.2, 0.25) is 0 Å². The van der Waals surface area contributed by atoms with Gasteiger partial charge in [0, 0.05) is 56.7 Å². The van der Waals surface area contributed by atoms with Gasteiger partial charge >= 0.3 is 0 Å². The molecule has 0 aromatic carbocycles. The molecule has 3 aromatic heterocycles. The standard InChI is InChI=1S/C20H23N7O/c1-16-4-6-19(23-22-16)26-12-9-25(10-13-26)11-14-27-20(28)7-5-18(24-27)17-3-2-8-21-15-17/h2-8,15H,9-14H2,1H3. The van der Waals surface area contributed by atoms with Crippen molar-refractivity contribution in [3.63, 3.8) is 0 Å². The zero-order valence-electron chi connectivity index (χ0n) is 15.9. The SMILES string of the molecule is Cc1ccc(N2CCN(CCn3nc(-c4cccnc4)ccc3=O)CC2)nn1. The van der Waals surface area contributed by atoms with Crippen LogP contribution in [0.25, 0.3) is 11.3 Å². The predicted molar refractivity (Wildman–Crippen MR) is 107 cm³/mol. The summed E-state index contributed by atoms with van der Waals surface area (Å²) in [7, 11) is 0. The van der Waals surface area contributed by atoms with Gasteiger partial charge in [0.25, 0.3) is 5.56 Å². The quantitative estimate of drug-likeness (QED) is 0.661. The number of aryl methyl sites for hydroxylation is 1. The molecule has 0 bridgehead atoms. The molecule has 4 heterocycles. The Hall–Kier alpha value is -3.13. The molecule has 0 atom stereocenters. The lowest BCUT2D eigenvalue weighted by molar-refractivity contribution is 0.242. The molecule has 28 heavy (non-hydrogen) atoms. The predicted octanol–water partition coefficient (Wildman–Crippen LogP) is 1.23. The average Bonchev–Trinajstić information content (AvgIpc) is 2.75. The molecule has 1 aliphatic rings. The first-order valence-electron chi connectivity index (χ1n) is 9.45. The van der Waals surface area contributed by atoms with Crippen LogP contribution < -0.4 is 10.5 Å². The number of hydrogen-bond donors (Lipinski definition) is 0. The van der Waals surface area contributed by atoms with Gasteiger partial charge in [-0.25, -0.2) is 4.68 Å². The first-order valence-corrected chi connectivity index (χ1v) is 9.45. The van der Waals surface area contributed by atoms with E-state index in [1.165, 1.54) is 0 Å². The molecule has 0 N–H and O–H groups in total. The van der Waals surface area contributed by atoms with Gasteiger partial charge in [0.2, 0.25) is 0 Å². The van der Waals surface area contributed by atoms with E-state index in [9.17, 15) is 4.79 Å². The van der Waals surface area contributed by atoms with Gasteiger partial charge in [-0.05, 0) is 37.3 Å². The fraction of sp³-hybridized carbons (Fsp3) is 0.350. The lowest BCUT2D eigenvalue weighted by Crippen LogP contribution is -2.48. The van der Waals surface area contributed by atoms with Gasteiger partial charge in [-0.2, -0.15) is 10.2 Å². The molecule has 0 unspecified atom stereocenters. The number of rotatable bonds is 5. The van der Waals surface area contributed by atoms with Crippen molar-refractivity contribution in [1.29, 1.82) is 0 Å². The first kappa shape index (κ1) is 18.2. The third-order valence-electron chi connectivity index (χ3n) is 4.93. The summed E-state index contributed by atoms with van der Waals surface area (Å²) >= 11 is 0. The molecule has 1 saturated heterocycles. The molecule has 0 aliphatic carbocycles. The molecular formula is C20H23N7O. The molecule has 0 radical (unpaired) electrons. The minimum Gasteiger partial charge on any atom is -0.353 e. The van der Waals surface area contributed by atoms with Crippen LogP contribution >= 0.6 is 0 Å². The van der Waals surface area contributed by atoms with Crippen LogP contribution in [0.1, 0.15) is 5.69 Å². The van der Waals surface area contributed by atoms with Crippen molar-refractivity contribution in [2.24, 2.45) is 0 Å². The Kier molecular flexibility index (Phi) is 5.38. The molecule has 1 fully saturated rings. The highest BCUT2D eigenvalue weighted by Crippen LogP contribution is 2.14. The van der Waals surface area contributed by atoms with Crippen molar-refractivity contribution < 1.29 is 0 Å². The van der Waals surface area contributed by atoms with E-state index in [2.05, 4.69) is 30.1 Å². The van der Waals surface area contributed by atoms with Gasteiger partial charge in [0.1, 0.15) is 0 Å². The Morgan fingerprint density at radius 1 is 0.964 bits per heavy atom. The molecule has 1 aliphatic heterocycles. The van der Waals surface area contributed by atoms with Crippen LogP contribution in [-0.2, 0) is 6.54 Å². The van der Waals surface area contributed by atoms with E-state index < -0.39 is 0 Å². The third kappa shape index (κ3) is 4.23. The molecule has 3 aromatic rings. The van der Waals surface area contributed by atoms with Gasteiger partial charge in [-0.15, -0.1) is 5.10 Å². The Balaban J connectivity index is 1.35. The topological polar surface area (TPSA) is 80.0 Å². The summed E-state index contributed by atoms with van der Waals surface area (Å²) in [5.41, 5.74) is 2.51. The van der Waals surface area contributed by atoms with Crippen molar-refractivity contribution in [2.45, 2.75) is 13.5 Å². The maximum Gasteiger partial charge on any atom is 0.266 e.